The van der Waals surface area contributed by atoms with E-state index in [1.807, 2.05) is 31.2 Å². The number of pyridine rings is 2. The van der Waals surface area contributed by atoms with Crippen LogP contribution in [0.1, 0.15) is 17.5 Å². The minimum atomic E-state index is -0.0723. The first kappa shape index (κ1) is 17.5. The zero-order valence-electron chi connectivity index (χ0n) is 14.8. The van der Waals surface area contributed by atoms with Crippen LogP contribution in [-0.4, -0.2) is 32.6 Å². The van der Waals surface area contributed by atoms with Crippen LogP contribution in [0.5, 0.6) is 0 Å². The first-order valence-electron chi connectivity index (χ1n) is 8.78. The molecule has 7 heteroatoms. The van der Waals surface area contributed by atoms with Crippen molar-refractivity contribution in [1.29, 1.82) is 0 Å². The highest BCUT2D eigenvalue weighted by molar-refractivity contribution is 6.29. The third-order valence-electron chi connectivity index (χ3n) is 4.81. The number of rotatable bonds is 4. The van der Waals surface area contributed by atoms with E-state index in [1.165, 1.54) is 0 Å². The van der Waals surface area contributed by atoms with Crippen LogP contribution in [0.15, 0.2) is 48.9 Å². The monoisotopic (exact) mass is 379 g/mol. The Kier molecular flexibility index (Phi) is 4.81. The molecule has 0 bridgehead atoms. The Morgan fingerprint density at radius 2 is 2.04 bits per heavy atom. The standard InChI is InChI=1S/C20H18ClN5O/c1-13-11-22-8-6-16(13)17-3-5-19(25-24-17)26-9-7-15(20(26)27)10-14-2-4-18(21)23-12-14/h2-6,8,11-12,15H,7,9-10H2,1H3/t15-/m0/s1. The summed E-state index contributed by atoms with van der Waals surface area (Å²) < 4.78 is 0. The van der Waals surface area contributed by atoms with Gasteiger partial charge in [-0.2, -0.15) is 0 Å². The van der Waals surface area contributed by atoms with E-state index in [4.69, 9.17) is 11.6 Å². The lowest BCUT2D eigenvalue weighted by Gasteiger charge is -2.15. The number of hydrogen-bond donors (Lipinski definition) is 0. The summed E-state index contributed by atoms with van der Waals surface area (Å²) in [4.78, 5) is 22.7. The van der Waals surface area contributed by atoms with Crippen LogP contribution < -0.4 is 4.90 Å². The number of nitrogens with zero attached hydrogens (tertiary/aromatic N) is 5. The van der Waals surface area contributed by atoms with Crippen molar-refractivity contribution in [3.05, 3.63) is 65.2 Å². The summed E-state index contributed by atoms with van der Waals surface area (Å²) in [5.41, 5.74) is 3.81. The van der Waals surface area contributed by atoms with Crippen molar-refractivity contribution in [3.63, 3.8) is 0 Å². The lowest BCUT2D eigenvalue weighted by molar-refractivity contribution is -0.120. The third kappa shape index (κ3) is 3.66. The molecular weight excluding hydrogens is 362 g/mol. The second-order valence-corrected chi connectivity index (χ2v) is 7.02. The molecule has 0 aromatic carbocycles. The summed E-state index contributed by atoms with van der Waals surface area (Å²) in [6, 6.07) is 9.33. The van der Waals surface area contributed by atoms with Crippen LogP contribution in [0.4, 0.5) is 5.82 Å². The van der Waals surface area contributed by atoms with Crippen LogP contribution >= 0.6 is 11.6 Å². The smallest absolute Gasteiger partial charge is 0.231 e. The van der Waals surface area contributed by atoms with Gasteiger partial charge in [-0.15, -0.1) is 10.2 Å². The Morgan fingerprint density at radius 3 is 2.74 bits per heavy atom. The highest BCUT2D eigenvalue weighted by Crippen LogP contribution is 2.27. The van der Waals surface area contributed by atoms with E-state index in [1.54, 1.807) is 29.6 Å². The summed E-state index contributed by atoms with van der Waals surface area (Å²) in [6.07, 6.45) is 6.70. The molecule has 3 aromatic rings. The first-order valence-corrected chi connectivity index (χ1v) is 9.16. The zero-order chi connectivity index (χ0) is 18.8. The van der Waals surface area contributed by atoms with Gasteiger partial charge in [0.15, 0.2) is 5.82 Å². The van der Waals surface area contributed by atoms with E-state index >= 15 is 0 Å². The van der Waals surface area contributed by atoms with Crippen LogP contribution in [0.2, 0.25) is 5.15 Å². The molecule has 0 saturated carbocycles. The molecule has 0 unspecified atom stereocenters. The molecule has 1 saturated heterocycles. The van der Waals surface area contributed by atoms with Gasteiger partial charge >= 0.3 is 0 Å². The summed E-state index contributed by atoms with van der Waals surface area (Å²) in [7, 11) is 0. The fraction of sp³-hybridized carbons (Fsp3) is 0.250. The molecule has 136 valence electrons. The van der Waals surface area contributed by atoms with Gasteiger partial charge in [0.05, 0.1) is 5.69 Å². The summed E-state index contributed by atoms with van der Waals surface area (Å²) in [5, 5.41) is 9.05. The number of carbonyl (C=O) groups is 1. The lowest BCUT2D eigenvalue weighted by Crippen LogP contribution is -2.28. The van der Waals surface area contributed by atoms with Gasteiger partial charge in [0, 0.05) is 36.6 Å². The molecule has 0 spiro atoms. The summed E-state index contributed by atoms with van der Waals surface area (Å²) >= 11 is 5.82. The van der Waals surface area contributed by atoms with Crippen molar-refractivity contribution < 1.29 is 4.79 Å². The molecule has 4 rings (SSSR count). The molecule has 0 N–H and O–H groups in total. The average Bonchev–Trinajstić information content (AvgIpc) is 3.05. The van der Waals surface area contributed by atoms with Crippen LogP contribution in [0.3, 0.4) is 0 Å². The molecular formula is C20H18ClN5O. The van der Waals surface area contributed by atoms with Crippen molar-refractivity contribution in [2.75, 3.05) is 11.4 Å². The molecule has 1 aliphatic rings. The molecule has 4 heterocycles. The van der Waals surface area contributed by atoms with E-state index in [9.17, 15) is 4.79 Å². The Morgan fingerprint density at radius 1 is 1.15 bits per heavy atom. The maximum absolute atomic E-state index is 12.8. The van der Waals surface area contributed by atoms with Gasteiger partial charge in [-0.05, 0) is 55.2 Å². The minimum Gasteiger partial charge on any atom is -0.295 e. The largest absolute Gasteiger partial charge is 0.295 e. The molecule has 3 aromatic heterocycles. The van der Waals surface area contributed by atoms with Gasteiger partial charge in [-0.3, -0.25) is 14.7 Å². The Bertz CT molecular complexity index is 959. The van der Waals surface area contributed by atoms with Gasteiger partial charge in [0.2, 0.25) is 5.91 Å². The van der Waals surface area contributed by atoms with E-state index < -0.39 is 0 Å². The van der Waals surface area contributed by atoms with Crippen LogP contribution in [0, 0.1) is 12.8 Å². The topological polar surface area (TPSA) is 71.9 Å². The van der Waals surface area contributed by atoms with Gasteiger partial charge in [-0.25, -0.2) is 4.98 Å². The van der Waals surface area contributed by atoms with E-state index in [-0.39, 0.29) is 11.8 Å². The van der Waals surface area contributed by atoms with E-state index in [0.29, 0.717) is 23.9 Å². The number of aromatic nitrogens is 4. The highest BCUT2D eigenvalue weighted by atomic mass is 35.5. The molecule has 6 nitrogen and oxygen atoms in total. The highest BCUT2D eigenvalue weighted by Gasteiger charge is 2.33. The molecule has 1 aliphatic heterocycles. The van der Waals surface area contributed by atoms with Gasteiger partial charge in [0.1, 0.15) is 5.15 Å². The SMILES string of the molecule is Cc1cnccc1-c1ccc(N2CC[C@@H](Cc3ccc(Cl)nc3)C2=O)nn1. The van der Waals surface area contributed by atoms with Crippen LogP contribution in [-0.2, 0) is 11.2 Å². The Hall–Kier alpha value is -2.86. The van der Waals surface area contributed by atoms with Crippen molar-refractivity contribution >= 4 is 23.3 Å². The van der Waals surface area contributed by atoms with E-state index in [2.05, 4.69) is 20.2 Å². The fourth-order valence-electron chi connectivity index (χ4n) is 3.34. The van der Waals surface area contributed by atoms with Gasteiger partial charge in [-0.1, -0.05) is 17.7 Å². The average molecular weight is 380 g/mol. The summed E-state index contributed by atoms with van der Waals surface area (Å²) in [5.74, 6) is 0.594. The number of anilines is 1. The van der Waals surface area contributed by atoms with Crippen molar-refractivity contribution in [3.8, 4) is 11.3 Å². The number of hydrogen-bond acceptors (Lipinski definition) is 5. The van der Waals surface area contributed by atoms with Gasteiger partial charge in [0.25, 0.3) is 0 Å². The summed E-state index contributed by atoms with van der Waals surface area (Å²) in [6.45, 7) is 2.63. The molecule has 0 radical (unpaired) electrons. The number of halogens is 1. The maximum Gasteiger partial charge on any atom is 0.231 e. The van der Waals surface area contributed by atoms with Gasteiger partial charge < -0.3 is 0 Å². The zero-order valence-corrected chi connectivity index (χ0v) is 15.6. The van der Waals surface area contributed by atoms with Crippen LogP contribution in [0.25, 0.3) is 11.3 Å². The number of carbonyl (C=O) groups excluding carboxylic acids is 1. The second-order valence-electron chi connectivity index (χ2n) is 6.64. The lowest BCUT2D eigenvalue weighted by atomic mass is 9.99. The van der Waals surface area contributed by atoms with E-state index in [0.717, 1.165) is 28.8 Å². The number of aryl methyl sites for hydroxylation is 1. The molecule has 1 atom stereocenters. The molecule has 1 fully saturated rings. The first-order chi connectivity index (χ1) is 13.1. The van der Waals surface area contributed by atoms with Crippen molar-refractivity contribution in [2.24, 2.45) is 5.92 Å². The number of amides is 1. The Balaban J connectivity index is 1.48. The Labute approximate surface area is 162 Å². The molecule has 0 aliphatic carbocycles. The fourth-order valence-corrected chi connectivity index (χ4v) is 3.45. The molecule has 27 heavy (non-hydrogen) atoms. The predicted octanol–water partition coefficient (Wildman–Crippen LogP) is 3.49. The van der Waals surface area contributed by atoms with Crippen molar-refractivity contribution in [2.45, 2.75) is 19.8 Å². The normalized spacial score (nSPS) is 16.7. The second kappa shape index (κ2) is 7.40. The quantitative estimate of drug-likeness (QED) is 0.649. The maximum atomic E-state index is 12.8. The minimum absolute atomic E-state index is 0.0723. The predicted molar refractivity (Wildman–Crippen MR) is 103 cm³/mol. The van der Waals surface area contributed by atoms with Crippen molar-refractivity contribution in [1.82, 2.24) is 20.2 Å². The third-order valence-corrected chi connectivity index (χ3v) is 5.03. The molecule has 1 amide bonds.